The van der Waals surface area contributed by atoms with E-state index in [1.807, 2.05) is 0 Å². The molecular weight excluding hydrogens is 272 g/mol. The van der Waals surface area contributed by atoms with Crippen molar-refractivity contribution in [1.82, 2.24) is 4.98 Å². The maximum Gasteiger partial charge on any atom is 0.273 e. The van der Waals surface area contributed by atoms with Crippen LogP contribution < -0.4 is 9.47 Å². The van der Waals surface area contributed by atoms with Crippen molar-refractivity contribution in [3.05, 3.63) is 51.7 Å². The Morgan fingerprint density at radius 3 is 2.63 bits per heavy atom. The van der Waals surface area contributed by atoms with Crippen LogP contribution in [0.25, 0.3) is 0 Å². The highest BCUT2D eigenvalue weighted by molar-refractivity contribution is 6.30. The SMILES string of the molecule is COc1ccc([N+](=O)[O-])cc1Oc1ccc(Cl)cn1. The van der Waals surface area contributed by atoms with Crippen LogP contribution >= 0.6 is 11.6 Å². The van der Waals surface area contributed by atoms with Gasteiger partial charge in [0.1, 0.15) is 0 Å². The lowest BCUT2D eigenvalue weighted by Gasteiger charge is -2.09. The normalized spacial score (nSPS) is 10.0. The van der Waals surface area contributed by atoms with Crippen molar-refractivity contribution in [3.8, 4) is 17.4 Å². The van der Waals surface area contributed by atoms with Crippen molar-refractivity contribution < 1.29 is 14.4 Å². The fourth-order valence-corrected chi connectivity index (χ4v) is 1.51. The van der Waals surface area contributed by atoms with Gasteiger partial charge in [-0.05, 0) is 12.1 Å². The summed E-state index contributed by atoms with van der Waals surface area (Å²) in [6.07, 6.45) is 1.42. The molecule has 0 N–H and O–H groups in total. The first-order chi connectivity index (χ1) is 9.10. The second-order valence-electron chi connectivity index (χ2n) is 3.51. The van der Waals surface area contributed by atoms with E-state index in [4.69, 9.17) is 21.1 Å². The molecule has 2 rings (SSSR count). The Morgan fingerprint density at radius 2 is 2.05 bits per heavy atom. The summed E-state index contributed by atoms with van der Waals surface area (Å²) in [5.41, 5.74) is -0.0928. The number of rotatable bonds is 4. The van der Waals surface area contributed by atoms with Crippen LogP contribution in [0, 0.1) is 10.1 Å². The average molecular weight is 281 g/mol. The maximum atomic E-state index is 10.7. The second kappa shape index (κ2) is 5.53. The Labute approximate surface area is 113 Å². The number of pyridine rings is 1. The third kappa shape index (κ3) is 3.11. The van der Waals surface area contributed by atoms with Gasteiger partial charge in [0.15, 0.2) is 11.5 Å². The Hall–Kier alpha value is -2.34. The Kier molecular flexibility index (Phi) is 3.82. The van der Waals surface area contributed by atoms with Crippen LogP contribution in [0.1, 0.15) is 0 Å². The van der Waals surface area contributed by atoms with Gasteiger partial charge in [-0.1, -0.05) is 11.6 Å². The lowest BCUT2D eigenvalue weighted by Crippen LogP contribution is -1.94. The third-order valence-electron chi connectivity index (χ3n) is 2.27. The standard InChI is InChI=1S/C12H9ClN2O4/c1-18-10-4-3-9(15(16)17)6-11(10)19-12-5-2-8(13)7-14-12/h2-7H,1H3. The van der Waals surface area contributed by atoms with Gasteiger partial charge in [0.2, 0.25) is 5.88 Å². The lowest BCUT2D eigenvalue weighted by molar-refractivity contribution is -0.384. The van der Waals surface area contributed by atoms with Crippen LogP contribution in [0.2, 0.25) is 5.02 Å². The first kappa shape index (κ1) is 13.1. The minimum atomic E-state index is -0.512. The molecule has 0 aliphatic heterocycles. The van der Waals surface area contributed by atoms with Crippen molar-refractivity contribution in [3.63, 3.8) is 0 Å². The first-order valence-electron chi connectivity index (χ1n) is 5.22. The monoisotopic (exact) mass is 280 g/mol. The third-order valence-corrected chi connectivity index (χ3v) is 2.50. The van der Waals surface area contributed by atoms with Crippen LogP contribution in [-0.4, -0.2) is 17.0 Å². The van der Waals surface area contributed by atoms with Crippen molar-refractivity contribution in [2.75, 3.05) is 7.11 Å². The zero-order valence-corrected chi connectivity index (χ0v) is 10.6. The van der Waals surface area contributed by atoms with Gasteiger partial charge in [0, 0.05) is 18.3 Å². The van der Waals surface area contributed by atoms with E-state index >= 15 is 0 Å². The molecule has 0 bridgehead atoms. The number of ether oxygens (including phenoxy) is 2. The quantitative estimate of drug-likeness (QED) is 0.633. The molecule has 0 spiro atoms. The van der Waals surface area contributed by atoms with E-state index in [1.54, 1.807) is 12.1 Å². The largest absolute Gasteiger partial charge is 0.493 e. The molecule has 0 aliphatic carbocycles. The van der Waals surface area contributed by atoms with E-state index in [0.29, 0.717) is 10.8 Å². The van der Waals surface area contributed by atoms with Crippen molar-refractivity contribution in [2.45, 2.75) is 0 Å². The molecule has 98 valence electrons. The highest BCUT2D eigenvalue weighted by atomic mass is 35.5. The first-order valence-corrected chi connectivity index (χ1v) is 5.60. The molecule has 2 aromatic rings. The van der Waals surface area contributed by atoms with Crippen molar-refractivity contribution in [2.24, 2.45) is 0 Å². The molecule has 0 amide bonds. The second-order valence-corrected chi connectivity index (χ2v) is 3.95. The molecule has 0 aliphatic rings. The molecule has 0 saturated carbocycles. The molecule has 1 heterocycles. The molecule has 1 aromatic heterocycles. The zero-order valence-electron chi connectivity index (χ0n) is 9.87. The van der Waals surface area contributed by atoms with Crippen LogP contribution in [-0.2, 0) is 0 Å². The zero-order chi connectivity index (χ0) is 13.8. The maximum absolute atomic E-state index is 10.7. The summed E-state index contributed by atoms with van der Waals surface area (Å²) in [5.74, 6) is 0.858. The summed E-state index contributed by atoms with van der Waals surface area (Å²) in [4.78, 5) is 14.2. The fourth-order valence-electron chi connectivity index (χ4n) is 1.39. The molecule has 0 fully saturated rings. The molecule has 0 saturated heterocycles. The van der Waals surface area contributed by atoms with Crippen molar-refractivity contribution >= 4 is 17.3 Å². The number of benzene rings is 1. The van der Waals surface area contributed by atoms with E-state index < -0.39 is 4.92 Å². The van der Waals surface area contributed by atoms with Gasteiger partial charge in [-0.25, -0.2) is 4.98 Å². The molecular formula is C12H9ClN2O4. The fraction of sp³-hybridized carbons (Fsp3) is 0.0833. The minimum absolute atomic E-state index is 0.0928. The van der Waals surface area contributed by atoms with Gasteiger partial charge >= 0.3 is 0 Å². The van der Waals surface area contributed by atoms with Crippen LogP contribution in [0.5, 0.6) is 17.4 Å². The number of aromatic nitrogens is 1. The van der Waals surface area contributed by atoms with Gasteiger partial charge in [0.05, 0.1) is 23.1 Å². The predicted octanol–water partition coefficient (Wildman–Crippen LogP) is 3.44. The smallest absolute Gasteiger partial charge is 0.273 e. The number of nitro benzene ring substituents is 1. The molecule has 0 unspecified atom stereocenters. The van der Waals surface area contributed by atoms with E-state index in [-0.39, 0.29) is 17.3 Å². The summed E-state index contributed by atoms with van der Waals surface area (Å²) in [7, 11) is 1.45. The van der Waals surface area contributed by atoms with Crippen LogP contribution in [0.3, 0.4) is 0 Å². The van der Waals surface area contributed by atoms with E-state index in [2.05, 4.69) is 4.98 Å². The van der Waals surface area contributed by atoms with Gasteiger partial charge in [-0.15, -0.1) is 0 Å². The Morgan fingerprint density at radius 1 is 1.26 bits per heavy atom. The van der Waals surface area contributed by atoms with Crippen molar-refractivity contribution in [1.29, 1.82) is 0 Å². The lowest BCUT2D eigenvalue weighted by atomic mass is 10.3. The number of hydrogen-bond acceptors (Lipinski definition) is 5. The molecule has 19 heavy (non-hydrogen) atoms. The molecule has 1 aromatic carbocycles. The van der Waals surface area contributed by atoms with Crippen LogP contribution in [0.4, 0.5) is 5.69 Å². The van der Waals surface area contributed by atoms with E-state index in [9.17, 15) is 10.1 Å². The average Bonchev–Trinajstić information content (AvgIpc) is 2.41. The number of halogens is 1. The molecule has 6 nitrogen and oxygen atoms in total. The molecule has 0 atom stereocenters. The summed E-state index contributed by atoms with van der Waals surface area (Å²) in [6.45, 7) is 0. The Balaban J connectivity index is 2.34. The number of hydrogen-bond donors (Lipinski definition) is 0. The summed E-state index contributed by atoms with van der Waals surface area (Å²) >= 11 is 5.71. The van der Waals surface area contributed by atoms with Gasteiger partial charge in [0.25, 0.3) is 5.69 Å². The summed E-state index contributed by atoms with van der Waals surface area (Å²) in [5, 5.41) is 11.2. The highest BCUT2D eigenvalue weighted by Gasteiger charge is 2.13. The molecule has 0 radical (unpaired) electrons. The number of nitrogens with zero attached hydrogens (tertiary/aromatic N) is 2. The topological polar surface area (TPSA) is 74.5 Å². The predicted molar refractivity (Wildman–Crippen MR) is 69.0 cm³/mol. The van der Waals surface area contributed by atoms with Gasteiger partial charge in [-0.3, -0.25) is 10.1 Å². The Bertz CT molecular complexity index is 601. The van der Waals surface area contributed by atoms with Gasteiger partial charge < -0.3 is 9.47 Å². The highest BCUT2D eigenvalue weighted by Crippen LogP contribution is 2.34. The minimum Gasteiger partial charge on any atom is -0.493 e. The van der Waals surface area contributed by atoms with E-state index in [0.717, 1.165) is 0 Å². The number of nitro groups is 1. The summed E-state index contributed by atoms with van der Waals surface area (Å²) in [6, 6.07) is 7.23. The van der Waals surface area contributed by atoms with Crippen LogP contribution in [0.15, 0.2) is 36.5 Å². The number of methoxy groups -OCH3 is 1. The van der Waals surface area contributed by atoms with Gasteiger partial charge in [-0.2, -0.15) is 0 Å². The number of non-ortho nitro benzene ring substituents is 1. The van der Waals surface area contributed by atoms with E-state index in [1.165, 1.54) is 31.5 Å². The summed E-state index contributed by atoms with van der Waals surface area (Å²) < 4.78 is 10.5. The molecule has 7 heteroatoms.